The quantitative estimate of drug-likeness (QED) is 0.274. The van der Waals surface area contributed by atoms with Crippen LogP contribution in [-0.2, 0) is 19.1 Å². The van der Waals surface area contributed by atoms with Gasteiger partial charge in [-0.15, -0.1) is 10.2 Å². The van der Waals surface area contributed by atoms with Crippen LogP contribution < -0.4 is 0 Å². The lowest BCUT2D eigenvalue weighted by Crippen LogP contribution is -2.67. The molecule has 9 nitrogen and oxygen atoms in total. The first-order valence-electron chi connectivity index (χ1n) is 23.6. The summed E-state index contributed by atoms with van der Waals surface area (Å²) in [4.78, 5) is 43.1. The predicted octanol–water partition coefficient (Wildman–Crippen LogP) is 10.5. The fourth-order valence-corrected chi connectivity index (χ4v) is 17.3. The van der Waals surface area contributed by atoms with Crippen molar-refractivity contribution in [2.75, 3.05) is 6.54 Å². The highest BCUT2D eigenvalue weighted by atomic mass is 16.5. The largest absolute Gasteiger partial charge is 0.481 e. The Labute approximate surface area is 357 Å². The molecule has 0 radical (unpaired) electrons. The lowest BCUT2D eigenvalue weighted by molar-refractivity contribution is -0.254. The van der Waals surface area contributed by atoms with Crippen LogP contribution in [0.5, 0.6) is 0 Å². The van der Waals surface area contributed by atoms with Crippen molar-refractivity contribution in [3.05, 3.63) is 48.4 Å². The fourth-order valence-electron chi connectivity index (χ4n) is 17.3. The minimum atomic E-state index is -0.803. The van der Waals surface area contributed by atoms with E-state index < -0.39 is 34.2 Å². The fraction of sp³-hybridized carbons (Fsp3) is 0.745. The first-order valence-corrected chi connectivity index (χ1v) is 23.6. The van der Waals surface area contributed by atoms with Crippen LogP contribution in [0.1, 0.15) is 151 Å². The number of carboxylic acids is 1. The van der Waals surface area contributed by atoms with Gasteiger partial charge in [-0.1, -0.05) is 78.8 Å². The number of rotatable bonds is 7. The first-order chi connectivity index (χ1) is 28.3. The van der Waals surface area contributed by atoms with Crippen LogP contribution in [-0.4, -0.2) is 56.6 Å². The van der Waals surface area contributed by atoms with Gasteiger partial charge in [0.15, 0.2) is 5.78 Å². The summed E-state index contributed by atoms with van der Waals surface area (Å²) >= 11 is 0. The Morgan fingerprint density at radius 3 is 2.32 bits per heavy atom. The van der Waals surface area contributed by atoms with Gasteiger partial charge in [-0.2, -0.15) is 0 Å². The van der Waals surface area contributed by atoms with Gasteiger partial charge in [0.2, 0.25) is 17.7 Å². The third-order valence-electron chi connectivity index (χ3n) is 20.9. The van der Waals surface area contributed by atoms with Gasteiger partial charge in [0.25, 0.3) is 0 Å². The highest BCUT2D eigenvalue weighted by Gasteiger charge is 2.83. The molecule has 1 spiro atoms. The lowest BCUT2D eigenvalue weighted by Gasteiger charge is -2.73. The van der Waals surface area contributed by atoms with Crippen LogP contribution in [0, 0.1) is 73.4 Å². The summed E-state index contributed by atoms with van der Waals surface area (Å²) in [6.45, 7) is 24.2. The average Bonchev–Trinajstić information content (AvgIpc) is 3.72. The Morgan fingerprint density at radius 2 is 1.62 bits per heavy atom. The third-order valence-corrected chi connectivity index (χ3v) is 20.9. The van der Waals surface area contributed by atoms with E-state index >= 15 is 4.79 Å². The second-order valence-corrected chi connectivity index (χ2v) is 23.3. The predicted molar refractivity (Wildman–Crippen MR) is 228 cm³/mol. The van der Waals surface area contributed by atoms with Crippen molar-refractivity contribution in [1.82, 2.24) is 15.1 Å². The van der Waals surface area contributed by atoms with Crippen LogP contribution >= 0.6 is 0 Å². The van der Waals surface area contributed by atoms with E-state index in [9.17, 15) is 14.7 Å². The van der Waals surface area contributed by atoms with E-state index in [-0.39, 0.29) is 45.5 Å². The lowest BCUT2D eigenvalue weighted by atomic mass is 9.32. The number of likely N-dealkylation sites (tertiary alicyclic amines) is 1. The molecular weight excluding hydrogens is 751 g/mol. The Balaban J connectivity index is 0.906. The number of nitrogens with zero attached hydrogens (tertiary/aromatic N) is 3. The van der Waals surface area contributed by atoms with E-state index in [0.29, 0.717) is 47.8 Å². The summed E-state index contributed by atoms with van der Waals surface area (Å²) in [5, 5.41) is 18.8. The SMILES string of the molecule is C=C(C)[C@@H]1CC[C@]2(C(=O)N3CCC[C@H]3c3nnc(-c4ccccc4)o3)CC[C@]3(C)[C@H](CC[C@@H]4[C@@]5(C)CC[C@H](OC6C(=O)C67C[C@@H](C(=O)O)C7(C)C)C(C)(C)[C@@H]5CC[C@]43C)[C@@H]12. The summed E-state index contributed by atoms with van der Waals surface area (Å²) in [5.41, 5.74) is 0.753. The minimum Gasteiger partial charge on any atom is -0.481 e. The standard InChI is InChI=1S/C51H69N3O6/c1-29(2)31-19-24-50(44(58)54-27-13-16-34(54)42-53-52-41(60-42)30-14-11-10-12-15-30)26-25-48(8)32(38(31)50)17-18-36-47(7)22-21-37(45(3,4)35(47)20-23-49(36,48)9)59-40-39(55)51(40)28-33(43(56)57)46(51,5)6/h10-12,14-15,31-38,40H,1,13,16-28H2,2-9H3,(H,56,57)/t31-,32+,33-,34-,35-,36+,37-,38+,40?,47-,48+,49+,50-,51?/m0/s1. The second-order valence-electron chi connectivity index (χ2n) is 23.3. The van der Waals surface area contributed by atoms with Gasteiger partial charge in [-0.05, 0) is 159 Å². The molecule has 60 heavy (non-hydrogen) atoms. The maximum absolute atomic E-state index is 15.5. The number of benzene rings is 1. The molecule has 10 rings (SSSR count). The molecule has 2 aromatic rings. The number of ether oxygens (including phenoxy) is 1. The van der Waals surface area contributed by atoms with Crippen LogP contribution in [0.25, 0.3) is 11.5 Å². The van der Waals surface area contributed by atoms with Gasteiger partial charge in [0, 0.05) is 12.1 Å². The van der Waals surface area contributed by atoms with Crippen molar-refractivity contribution >= 4 is 17.7 Å². The van der Waals surface area contributed by atoms with Gasteiger partial charge in [-0.25, -0.2) is 0 Å². The van der Waals surface area contributed by atoms with E-state index in [4.69, 9.17) is 9.15 Å². The van der Waals surface area contributed by atoms with E-state index in [2.05, 4.69) is 63.2 Å². The first kappa shape index (κ1) is 40.7. The van der Waals surface area contributed by atoms with Crippen LogP contribution in [0.4, 0.5) is 0 Å². The average molecular weight is 820 g/mol. The molecule has 0 bridgehead atoms. The number of amides is 1. The molecule has 7 aliphatic carbocycles. The number of carboxylic acid groups (broad SMARTS) is 1. The van der Waals surface area contributed by atoms with E-state index in [1.807, 2.05) is 44.2 Å². The molecule has 1 N–H and O–H groups in total. The third kappa shape index (κ3) is 5.05. The molecule has 8 fully saturated rings. The van der Waals surface area contributed by atoms with Crippen molar-refractivity contribution in [1.29, 1.82) is 0 Å². The van der Waals surface area contributed by atoms with Crippen molar-refractivity contribution in [3.63, 3.8) is 0 Å². The molecule has 7 saturated carbocycles. The summed E-state index contributed by atoms with van der Waals surface area (Å²) in [6.07, 6.45) is 12.3. The smallest absolute Gasteiger partial charge is 0.307 e. The number of aromatic nitrogens is 2. The summed E-state index contributed by atoms with van der Waals surface area (Å²) in [5.74, 6) is 2.30. The minimum absolute atomic E-state index is 0.0255. The molecule has 1 amide bonds. The molecule has 2 unspecified atom stereocenters. The summed E-state index contributed by atoms with van der Waals surface area (Å²) in [7, 11) is 0. The number of allylic oxidation sites excluding steroid dienone is 1. The molecule has 1 aromatic carbocycles. The number of aliphatic carboxylic acids is 1. The number of hydrogen-bond acceptors (Lipinski definition) is 7. The Hall–Kier alpha value is -3.33. The molecule has 1 aliphatic heterocycles. The molecule has 2 heterocycles. The van der Waals surface area contributed by atoms with E-state index in [1.54, 1.807) is 0 Å². The highest BCUT2D eigenvalue weighted by molar-refractivity contribution is 6.09. The van der Waals surface area contributed by atoms with Gasteiger partial charge in [-0.3, -0.25) is 14.4 Å². The Bertz CT molecular complexity index is 2130. The maximum Gasteiger partial charge on any atom is 0.307 e. The maximum atomic E-state index is 15.5. The van der Waals surface area contributed by atoms with E-state index in [0.717, 1.165) is 76.3 Å². The summed E-state index contributed by atoms with van der Waals surface area (Å²) < 4.78 is 13.3. The number of ketones is 1. The highest BCUT2D eigenvalue weighted by Crippen LogP contribution is 2.79. The number of carbonyl (C=O) groups is 3. The molecule has 1 saturated heterocycles. The molecular formula is C51H69N3O6. The topological polar surface area (TPSA) is 123 Å². The Kier molecular flexibility index (Phi) is 8.90. The zero-order chi connectivity index (χ0) is 42.6. The molecule has 9 heteroatoms. The van der Waals surface area contributed by atoms with Crippen molar-refractivity contribution < 1.29 is 28.6 Å². The zero-order valence-electron chi connectivity index (χ0n) is 37.5. The molecule has 14 atom stereocenters. The number of hydrogen-bond donors (Lipinski definition) is 1. The normalized spacial score (nSPS) is 45.8. The zero-order valence-corrected chi connectivity index (χ0v) is 37.5. The van der Waals surface area contributed by atoms with Crippen LogP contribution in [0.3, 0.4) is 0 Å². The second kappa shape index (κ2) is 13.1. The molecule has 324 valence electrons. The van der Waals surface area contributed by atoms with Crippen molar-refractivity contribution in [2.45, 2.75) is 157 Å². The van der Waals surface area contributed by atoms with Crippen molar-refractivity contribution in [2.24, 2.45) is 73.4 Å². The van der Waals surface area contributed by atoms with Gasteiger partial charge in [0.05, 0.1) is 22.9 Å². The van der Waals surface area contributed by atoms with Gasteiger partial charge < -0.3 is 19.2 Å². The van der Waals surface area contributed by atoms with Crippen molar-refractivity contribution in [3.8, 4) is 11.5 Å². The van der Waals surface area contributed by atoms with Gasteiger partial charge in [0.1, 0.15) is 12.1 Å². The number of carbonyl (C=O) groups excluding carboxylic acids is 2. The molecule has 8 aliphatic rings. The van der Waals surface area contributed by atoms with Gasteiger partial charge >= 0.3 is 5.97 Å². The van der Waals surface area contributed by atoms with Crippen LogP contribution in [0.2, 0.25) is 0 Å². The summed E-state index contributed by atoms with van der Waals surface area (Å²) in [6, 6.07) is 9.72. The monoisotopic (exact) mass is 820 g/mol. The molecule has 1 aromatic heterocycles. The number of Topliss-reactive ketones (excluding diaryl/α,β-unsaturated/α-hetero) is 1. The van der Waals surface area contributed by atoms with E-state index in [1.165, 1.54) is 18.4 Å². The number of fused-ring (bicyclic) bond motifs is 7. The Morgan fingerprint density at radius 1 is 0.867 bits per heavy atom. The van der Waals surface area contributed by atoms with Crippen LogP contribution in [0.15, 0.2) is 46.9 Å².